The van der Waals surface area contributed by atoms with Gasteiger partial charge in [-0.2, -0.15) is 0 Å². The zero-order valence-electron chi connectivity index (χ0n) is 17.0. The van der Waals surface area contributed by atoms with Crippen LogP contribution in [0.15, 0.2) is 48.5 Å². The second-order valence-electron chi connectivity index (χ2n) is 7.39. The number of carbonyl (C=O) groups is 1. The molecule has 0 spiro atoms. The van der Waals surface area contributed by atoms with Crippen LogP contribution in [0.3, 0.4) is 0 Å². The second-order valence-corrected chi connectivity index (χ2v) is 8.34. The van der Waals surface area contributed by atoms with Gasteiger partial charge in [-0.1, -0.05) is 30.3 Å². The number of rotatable bonds is 8. The fourth-order valence-electron chi connectivity index (χ4n) is 3.72. The number of ether oxygens (including phenoxy) is 1. The molecule has 0 saturated carbocycles. The molecule has 2 aromatic rings. The summed E-state index contributed by atoms with van der Waals surface area (Å²) in [6.07, 6.45) is 1.99. The average molecular weight is 432 g/mol. The summed E-state index contributed by atoms with van der Waals surface area (Å²) < 4.78 is 29.6. The number of β-amino-alcohol motifs (C(OH)–C–C–N with tert-alkyl or cyclic N) is 1. The summed E-state index contributed by atoms with van der Waals surface area (Å²) in [6.45, 7) is 2.04. The summed E-state index contributed by atoms with van der Waals surface area (Å²) in [6, 6.07) is 14.7. The molecule has 8 heteroatoms. The minimum Gasteiger partial charge on any atom is -0.760 e. The number of para-hydroxylation sites is 1. The first kappa shape index (κ1) is 22.4. The number of hydrogen-bond acceptors (Lipinski definition) is 6. The molecule has 1 aliphatic rings. The van der Waals surface area contributed by atoms with Crippen LogP contribution in [0.5, 0.6) is 0 Å². The Labute approximate surface area is 179 Å². The van der Waals surface area contributed by atoms with Gasteiger partial charge in [0, 0.05) is 43.1 Å². The molecule has 2 atom stereocenters. The molecule has 0 radical (unpaired) electrons. The first-order valence-electron chi connectivity index (χ1n) is 10.0. The van der Waals surface area contributed by atoms with Crippen molar-refractivity contribution in [3.8, 4) is 0 Å². The summed E-state index contributed by atoms with van der Waals surface area (Å²) in [4.78, 5) is 13.7. The Bertz CT molecular complexity index is 874. The van der Waals surface area contributed by atoms with E-state index in [4.69, 9.17) is 0 Å². The summed E-state index contributed by atoms with van der Waals surface area (Å²) in [5.74, 6) is -0.426. The maximum absolute atomic E-state index is 11.8. The molecule has 162 valence electrons. The van der Waals surface area contributed by atoms with E-state index in [1.165, 1.54) is 11.4 Å². The fraction of sp³-hybridized carbons (Fsp3) is 0.409. The van der Waals surface area contributed by atoms with Gasteiger partial charge in [0.15, 0.2) is 0 Å². The van der Waals surface area contributed by atoms with Crippen molar-refractivity contribution in [2.75, 3.05) is 31.6 Å². The van der Waals surface area contributed by atoms with Gasteiger partial charge in [-0.05, 0) is 48.6 Å². The lowest BCUT2D eigenvalue weighted by atomic mass is 10.0. The lowest BCUT2D eigenvalue weighted by Gasteiger charge is -2.34. The average Bonchev–Trinajstić information content (AvgIpc) is 2.76. The van der Waals surface area contributed by atoms with E-state index >= 15 is 0 Å². The Morgan fingerprint density at radius 1 is 1.27 bits per heavy atom. The van der Waals surface area contributed by atoms with Crippen molar-refractivity contribution in [1.29, 1.82) is 0 Å². The minimum atomic E-state index is -2.37. The first-order valence-corrected chi connectivity index (χ1v) is 11.0. The third-order valence-electron chi connectivity index (χ3n) is 5.30. The number of anilines is 1. The van der Waals surface area contributed by atoms with Gasteiger partial charge in [0.2, 0.25) is 0 Å². The number of methoxy groups -OCH3 is 1. The second kappa shape index (κ2) is 10.7. The largest absolute Gasteiger partial charge is 0.760 e. The summed E-state index contributed by atoms with van der Waals surface area (Å²) in [7, 11) is 1.32. The van der Waals surface area contributed by atoms with Gasteiger partial charge in [0.25, 0.3) is 0 Å². The van der Waals surface area contributed by atoms with E-state index in [2.05, 4.69) is 9.64 Å². The van der Waals surface area contributed by atoms with E-state index in [1.807, 2.05) is 24.3 Å². The highest BCUT2D eigenvalue weighted by molar-refractivity contribution is 7.76. The number of nitrogens with zero attached hydrogens (tertiary/aromatic N) is 2. The highest BCUT2D eigenvalue weighted by Crippen LogP contribution is 2.25. The Balaban J connectivity index is 1.67. The fourth-order valence-corrected chi connectivity index (χ4v) is 4.22. The molecule has 0 aliphatic carbocycles. The number of piperidine rings is 1. The minimum absolute atomic E-state index is 0.224. The predicted octanol–water partition coefficient (Wildman–Crippen LogP) is 2.27. The van der Waals surface area contributed by atoms with Crippen LogP contribution in [-0.4, -0.2) is 57.0 Å². The molecule has 1 heterocycles. The van der Waals surface area contributed by atoms with Crippen LogP contribution in [0, 0.1) is 0 Å². The topological polar surface area (TPSA) is 93.1 Å². The summed E-state index contributed by atoms with van der Waals surface area (Å²) in [5, 5.41) is 10.00. The van der Waals surface area contributed by atoms with Crippen LogP contribution in [0.1, 0.15) is 34.3 Å². The molecule has 1 saturated heterocycles. The molecule has 0 bridgehead atoms. The van der Waals surface area contributed by atoms with E-state index in [0.29, 0.717) is 25.1 Å². The van der Waals surface area contributed by atoms with Crippen LogP contribution in [-0.2, 0) is 29.0 Å². The molecule has 7 nitrogen and oxygen atoms in total. The standard InChI is InChI=1S/C22H28N2O5S/c1-29-22(26)19-10-8-17(9-11-19)15-24(30(27)28)14-12-18-5-2-3-7-21(18)23-13-4-6-20(25)16-23/h2-3,5,7-11,20,25H,4,6,12-16H2,1H3,(H,27,28)/p-1. The lowest BCUT2D eigenvalue weighted by Crippen LogP contribution is -2.39. The number of benzene rings is 2. The van der Waals surface area contributed by atoms with Gasteiger partial charge in [-0.15, -0.1) is 0 Å². The highest BCUT2D eigenvalue weighted by atomic mass is 32.2. The van der Waals surface area contributed by atoms with Crippen LogP contribution in [0.25, 0.3) is 0 Å². The molecule has 0 aromatic heterocycles. The molecule has 1 N–H and O–H groups in total. The van der Waals surface area contributed by atoms with Crippen molar-refractivity contribution in [3.63, 3.8) is 0 Å². The Hall–Kier alpha value is -2.26. The number of carbonyl (C=O) groups excluding carboxylic acids is 1. The van der Waals surface area contributed by atoms with Gasteiger partial charge in [-0.25, -0.2) is 9.10 Å². The molecular weight excluding hydrogens is 404 g/mol. The van der Waals surface area contributed by atoms with Gasteiger partial charge in [-0.3, -0.25) is 4.21 Å². The molecule has 1 aliphatic heterocycles. The lowest BCUT2D eigenvalue weighted by molar-refractivity contribution is 0.0600. The van der Waals surface area contributed by atoms with E-state index in [1.54, 1.807) is 24.3 Å². The van der Waals surface area contributed by atoms with Crippen LogP contribution >= 0.6 is 0 Å². The Morgan fingerprint density at radius 2 is 2.00 bits per heavy atom. The van der Waals surface area contributed by atoms with Gasteiger partial charge >= 0.3 is 5.97 Å². The number of esters is 1. The van der Waals surface area contributed by atoms with E-state index in [0.717, 1.165) is 36.2 Å². The van der Waals surface area contributed by atoms with E-state index in [9.17, 15) is 18.7 Å². The van der Waals surface area contributed by atoms with Crippen molar-refractivity contribution < 1.29 is 23.4 Å². The maximum atomic E-state index is 11.8. The zero-order valence-corrected chi connectivity index (χ0v) is 17.8. The number of aliphatic hydroxyl groups is 1. The normalized spacial score (nSPS) is 17.7. The highest BCUT2D eigenvalue weighted by Gasteiger charge is 2.20. The monoisotopic (exact) mass is 431 g/mol. The predicted molar refractivity (Wildman–Crippen MR) is 115 cm³/mol. The van der Waals surface area contributed by atoms with Crippen LogP contribution in [0.4, 0.5) is 5.69 Å². The van der Waals surface area contributed by atoms with E-state index in [-0.39, 0.29) is 12.6 Å². The van der Waals surface area contributed by atoms with Gasteiger partial charge < -0.3 is 19.3 Å². The van der Waals surface area contributed by atoms with Crippen molar-refractivity contribution in [2.45, 2.75) is 31.9 Å². The SMILES string of the molecule is COC(=O)c1ccc(CN(CCc2ccccc2N2CCCC(O)C2)S(=O)[O-])cc1. The van der Waals surface area contributed by atoms with Crippen LogP contribution in [0.2, 0.25) is 0 Å². The zero-order chi connectivity index (χ0) is 21.5. The molecular formula is C22H27N2O5S-. The van der Waals surface area contributed by atoms with Crippen molar-refractivity contribution in [3.05, 3.63) is 65.2 Å². The van der Waals surface area contributed by atoms with Crippen molar-refractivity contribution in [2.24, 2.45) is 0 Å². The number of aliphatic hydroxyl groups excluding tert-OH is 1. The van der Waals surface area contributed by atoms with Crippen molar-refractivity contribution >= 4 is 22.9 Å². The van der Waals surface area contributed by atoms with Crippen molar-refractivity contribution in [1.82, 2.24) is 4.31 Å². The molecule has 3 rings (SSSR count). The molecule has 2 unspecified atom stereocenters. The number of hydrogen-bond donors (Lipinski definition) is 1. The maximum Gasteiger partial charge on any atom is 0.337 e. The third-order valence-corrected chi connectivity index (χ3v) is 6.04. The molecule has 30 heavy (non-hydrogen) atoms. The van der Waals surface area contributed by atoms with Gasteiger partial charge in [0.1, 0.15) is 0 Å². The molecule has 1 fully saturated rings. The summed E-state index contributed by atoms with van der Waals surface area (Å²) in [5.41, 5.74) is 3.33. The Morgan fingerprint density at radius 3 is 2.67 bits per heavy atom. The quantitative estimate of drug-likeness (QED) is 0.509. The third kappa shape index (κ3) is 5.89. The van der Waals surface area contributed by atoms with E-state index < -0.39 is 17.2 Å². The molecule has 2 aromatic carbocycles. The molecule has 0 amide bonds. The first-order chi connectivity index (χ1) is 14.5. The van der Waals surface area contributed by atoms with Gasteiger partial charge in [0.05, 0.1) is 18.8 Å². The summed E-state index contributed by atoms with van der Waals surface area (Å²) >= 11 is -2.37. The smallest absolute Gasteiger partial charge is 0.337 e. The Kier molecular flexibility index (Phi) is 7.98. The van der Waals surface area contributed by atoms with Crippen LogP contribution < -0.4 is 4.90 Å².